The maximum Gasteiger partial charge on any atom is 0.325 e. The summed E-state index contributed by atoms with van der Waals surface area (Å²) in [7, 11) is 0. The standard InChI is InChI=1S/C19H24N2O4/c1-3-25-15-9-7-14(8-10-15)16(22)12-21-17(23)19(20-18(21)24)11-5-4-6-13(19)2/h7-10,13H,3-6,11-12H2,1-2H3,(H,20,24)/t13-,19+/m0/s1. The zero-order valence-corrected chi connectivity index (χ0v) is 14.7. The Kier molecular flexibility index (Phi) is 4.79. The van der Waals surface area contributed by atoms with Crippen LogP contribution in [0, 0.1) is 5.92 Å². The fourth-order valence-electron chi connectivity index (χ4n) is 3.78. The molecule has 1 aliphatic carbocycles. The average molecular weight is 344 g/mol. The fraction of sp³-hybridized carbons (Fsp3) is 0.526. The van der Waals surface area contributed by atoms with E-state index in [-0.39, 0.29) is 24.2 Å². The van der Waals surface area contributed by atoms with Crippen LogP contribution in [0.1, 0.15) is 49.9 Å². The van der Waals surface area contributed by atoms with Gasteiger partial charge in [0.15, 0.2) is 5.78 Å². The number of Topliss-reactive ketones (excluding diaryl/α,β-unsaturated/α-hetero) is 1. The summed E-state index contributed by atoms with van der Waals surface area (Å²) in [5.74, 6) is 0.253. The molecule has 3 amide bonds. The van der Waals surface area contributed by atoms with Gasteiger partial charge in [0.25, 0.3) is 5.91 Å². The van der Waals surface area contributed by atoms with Crippen LogP contribution in [0.2, 0.25) is 0 Å². The highest BCUT2D eigenvalue weighted by Crippen LogP contribution is 2.38. The quantitative estimate of drug-likeness (QED) is 0.658. The van der Waals surface area contributed by atoms with Crippen LogP contribution < -0.4 is 10.1 Å². The van der Waals surface area contributed by atoms with Crippen molar-refractivity contribution in [3.63, 3.8) is 0 Å². The molecule has 1 saturated carbocycles. The molecule has 0 radical (unpaired) electrons. The summed E-state index contributed by atoms with van der Waals surface area (Å²) in [4.78, 5) is 38.8. The van der Waals surface area contributed by atoms with Crippen LogP contribution in [0.5, 0.6) is 5.75 Å². The topological polar surface area (TPSA) is 75.7 Å². The Bertz CT molecular complexity index is 685. The number of urea groups is 1. The van der Waals surface area contributed by atoms with Gasteiger partial charge in [-0.25, -0.2) is 4.79 Å². The van der Waals surface area contributed by atoms with E-state index < -0.39 is 11.6 Å². The second kappa shape index (κ2) is 6.86. The van der Waals surface area contributed by atoms with E-state index in [1.807, 2.05) is 13.8 Å². The largest absolute Gasteiger partial charge is 0.494 e. The molecule has 1 aromatic carbocycles. The molecule has 1 heterocycles. The Morgan fingerprint density at radius 1 is 1.28 bits per heavy atom. The summed E-state index contributed by atoms with van der Waals surface area (Å²) < 4.78 is 5.36. The minimum absolute atomic E-state index is 0.0864. The second-order valence-corrected chi connectivity index (χ2v) is 6.82. The smallest absolute Gasteiger partial charge is 0.325 e. The zero-order chi connectivity index (χ0) is 18.0. The first-order valence-electron chi connectivity index (χ1n) is 8.88. The van der Waals surface area contributed by atoms with Crippen molar-refractivity contribution in [1.82, 2.24) is 10.2 Å². The molecule has 2 fully saturated rings. The van der Waals surface area contributed by atoms with E-state index in [0.29, 0.717) is 24.3 Å². The molecule has 1 saturated heterocycles. The maximum atomic E-state index is 12.9. The number of ether oxygens (including phenoxy) is 1. The molecule has 2 atom stereocenters. The normalized spacial score (nSPS) is 26.0. The molecular weight excluding hydrogens is 320 g/mol. The van der Waals surface area contributed by atoms with E-state index >= 15 is 0 Å². The molecule has 6 heteroatoms. The lowest BCUT2D eigenvalue weighted by Gasteiger charge is -2.36. The third-order valence-corrected chi connectivity index (χ3v) is 5.29. The molecule has 25 heavy (non-hydrogen) atoms. The minimum atomic E-state index is -0.825. The summed E-state index contributed by atoms with van der Waals surface area (Å²) in [6.07, 6.45) is 3.54. The lowest BCUT2D eigenvalue weighted by Crippen LogP contribution is -2.54. The molecule has 1 spiro atoms. The number of carbonyl (C=O) groups excluding carboxylic acids is 3. The van der Waals surface area contributed by atoms with Crippen molar-refractivity contribution in [3.05, 3.63) is 29.8 Å². The number of hydrogen-bond acceptors (Lipinski definition) is 4. The van der Waals surface area contributed by atoms with Crippen molar-refractivity contribution in [1.29, 1.82) is 0 Å². The van der Waals surface area contributed by atoms with E-state index in [9.17, 15) is 14.4 Å². The molecule has 1 aliphatic heterocycles. The van der Waals surface area contributed by atoms with Gasteiger partial charge in [-0.05, 0) is 49.9 Å². The van der Waals surface area contributed by atoms with Crippen molar-refractivity contribution in [3.8, 4) is 5.75 Å². The third kappa shape index (κ3) is 3.13. The Morgan fingerprint density at radius 3 is 2.64 bits per heavy atom. The van der Waals surface area contributed by atoms with Crippen LogP contribution in [0.4, 0.5) is 4.79 Å². The van der Waals surface area contributed by atoms with Crippen molar-refractivity contribution in [2.24, 2.45) is 5.92 Å². The van der Waals surface area contributed by atoms with E-state index in [1.54, 1.807) is 24.3 Å². The van der Waals surface area contributed by atoms with Gasteiger partial charge in [-0.1, -0.05) is 19.8 Å². The highest BCUT2D eigenvalue weighted by Gasteiger charge is 2.55. The number of nitrogens with zero attached hydrogens (tertiary/aromatic N) is 1. The minimum Gasteiger partial charge on any atom is -0.494 e. The van der Waals surface area contributed by atoms with Crippen molar-refractivity contribution >= 4 is 17.7 Å². The Morgan fingerprint density at radius 2 is 2.00 bits per heavy atom. The van der Waals surface area contributed by atoms with Gasteiger partial charge in [0.1, 0.15) is 11.3 Å². The van der Waals surface area contributed by atoms with Crippen molar-refractivity contribution in [2.45, 2.75) is 45.1 Å². The summed E-state index contributed by atoms with van der Waals surface area (Å²) >= 11 is 0. The lowest BCUT2D eigenvalue weighted by molar-refractivity contribution is -0.133. The van der Waals surface area contributed by atoms with Crippen LogP contribution in [-0.2, 0) is 4.79 Å². The summed E-state index contributed by atoms with van der Waals surface area (Å²) in [6, 6.07) is 6.29. The summed E-state index contributed by atoms with van der Waals surface area (Å²) in [5.41, 5.74) is -0.365. The molecule has 3 rings (SSSR count). The van der Waals surface area contributed by atoms with Gasteiger partial charge in [0, 0.05) is 5.56 Å². The number of ketones is 1. The Hall–Kier alpha value is -2.37. The van der Waals surface area contributed by atoms with E-state index in [2.05, 4.69) is 5.32 Å². The van der Waals surface area contributed by atoms with Crippen LogP contribution in [0.25, 0.3) is 0 Å². The summed E-state index contributed by atoms with van der Waals surface area (Å²) in [6.45, 7) is 4.21. The van der Waals surface area contributed by atoms with Gasteiger partial charge < -0.3 is 10.1 Å². The van der Waals surface area contributed by atoms with E-state index in [4.69, 9.17) is 4.74 Å². The van der Waals surface area contributed by atoms with Crippen molar-refractivity contribution < 1.29 is 19.1 Å². The van der Waals surface area contributed by atoms with E-state index in [0.717, 1.165) is 24.2 Å². The molecule has 0 aromatic heterocycles. The fourth-order valence-corrected chi connectivity index (χ4v) is 3.78. The lowest BCUT2D eigenvalue weighted by atomic mass is 9.73. The van der Waals surface area contributed by atoms with Gasteiger partial charge >= 0.3 is 6.03 Å². The molecule has 134 valence electrons. The van der Waals surface area contributed by atoms with Crippen LogP contribution in [-0.4, -0.2) is 41.3 Å². The molecule has 6 nitrogen and oxygen atoms in total. The Labute approximate surface area is 147 Å². The van der Waals surface area contributed by atoms with Crippen molar-refractivity contribution in [2.75, 3.05) is 13.2 Å². The molecule has 2 aliphatic rings. The molecule has 0 unspecified atom stereocenters. The van der Waals surface area contributed by atoms with Crippen LogP contribution in [0.3, 0.4) is 0 Å². The monoisotopic (exact) mass is 344 g/mol. The Balaban J connectivity index is 1.72. The van der Waals surface area contributed by atoms with Gasteiger partial charge in [-0.3, -0.25) is 14.5 Å². The molecule has 0 bridgehead atoms. The number of carbonyl (C=O) groups is 3. The van der Waals surface area contributed by atoms with E-state index in [1.165, 1.54) is 0 Å². The highest BCUT2D eigenvalue weighted by molar-refractivity contribution is 6.11. The first-order chi connectivity index (χ1) is 12.0. The molecule has 1 aromatic rings. The van der Waals surface area contributed by atoms with Crippen LogP contribution in [0.15, 0.2) is 24.3 Å². The van der Waals surface area contributed by atoms with Crippen LogP contribution >= 0.6 is 0 Å². The highest BCUT2D eigenvalue weighted by atomic mass is 16.5. The molecular formula is C19H24N2O4. The number of nitrogens with one attached hydrogen (secondary N) is 1. The maximum absolute atomic E-state index is 12.9. The second-order valence-electron chi connectivity index (χ2n) is 6.82. The van der Waals surface area contributed by atoms with Gasteiger partial charge in [-0.15, -0.1) is 0 Å². The molecule has 1 N–H and O–H groups in total. The summed E-state index contributed by atoms with van der Waals surface area (Å²) in [5, 5.41) is 2.87. The number of imide groups is 1. The predicted molar refractivity (Wildman–Crippen MR) is 92.5 cm³/mol. The first-order valence-corrected chi connectivity index (χ1v) is 8.88. The predicted octanol–water partition coefficient (Wildman–Crippen LogP) is 2.77. The van der Waals surface area contributed by atoms with Gasteiger partial charge in [0.2, 0.25) is 0 Å². The number of rotatable bonds is 5. The van der Waals surface area contributed by atoms with Gasteiger partial charge in [0.05, 0.1) is 13.2 Å². The van der Waals surface area contributed by atoms with Gasteiger partial charge in [-0.2, -0.15) is 0 Å². The number of hydrogen-bond donors (Lipinski definition) is 1. The number of amides is 3. The first kappa shape index (κ1) is 17.5. The zero-order valence-electron chi connectivity index (χ0n) is 14.7. The third-order valence-electron chi connectivity index (χ3n) is 5.29. The number of benzene rings is 1. The SMILES string of the molecule is CCOc1ccc(C(=O)CN2C(=O)N[C@@]3(CCCC[C@@H]3C)C2=O)cc1. The average Bonchev–Trinajstić information content (AvgIpc) is 2.83.